The Morgan fingerprint density at radius 1 is 0.824 bits per heavy atom. The second kappa shape index (κ2) is 3.48. The molecule has 0 unspecified atom stereocenters. The summed E-state index contributed by atoms with van der Waals surface area (Å²) in [7, 11) is 0. The maximum atomic E-state index is 13.7. The van der Waals surface area contributed by atoms with Crippen LogP contribution in [0.4, 0.5) is 13.2 Å². The number of halogens is 3. The van der Waals surface area contributed by atoms with Crippen molar-refractivity contribution in [3.63, 3.8) is 0 Å². The predicted octanol–water partition coefficient (Wildman–Crippen LogP) is 4.01. The van der Waals surface area contributed by atoms with Gasteiger partial charge in [-0.1, -0.05) is 12.1 Å². The highest BCUT2D eigenvalue weighted by Gasteiger charge is 2.12. The summed E-state index contributed by atoms with van der Waals surface area (Å²) in [5.41, 5.74) is 0. The van der Waals surface area contributed by atoms with Gasteiger partial charge >= 0.3 is 0 Å². The first-order valence-corrected chi connectivity index (χ1v) is 4.96. The normalized spacial score (nSPS) is 11.2. The maximum Gasteiger partial charge on any atom is 0.139 e. The van der Waals surface area contributed by atoms with Gasteiger partial charge in [-0.3, -0.25) is 0 Å². The minimum absolute atomic E-state index is 0.0302. The fourth-order valence-electron chi connectivity index (χ4n) is 1.98. The van der Waals surface area contributed by atoms with Gasteiger partial charge in [0.05, 0.1) is 0 Å². The maximum absolute atomic E-state index is 13.7. The highest BCUT2D eigenvalue weighted by molar-refractivity contribution is 6.08. The van der Waals surface area contributed by atoms with Crippen molar-refractivity contribution >= 4 is 21.5 Å². The molecule has 0 aromatic heterocycles. The lowest BCUT2D eigenvalue weighted by Gasteiger charge is -2.06. The minimum atomic E-state index is -0.685. The number of benzene rings is 3. The zero-order valence-electron chi connectivity index (χ0n) is 8.52. The van der Waals surface area contributed by atoms with Crippen molar-refractivity contribution in [1.82, 2.24) is 0 Å². The number of rotatable bonds is 0. The Hall–Kier alpha value is -2.03. The smallest absolute Gasteiger partial charge is 0.139 e. The van der Waals surface area contributed by atoms with Crippen molar-refractivity contribution in [2.75, 3.05) is 0 Å². The molecule has 0 aliphatic carbocycles. The molecule has 82 valence electrons. The molecule has 0 aliphatic rings. The molecule has 0 saturated carbocycles. The summed E-state index contributed by atoms with van der Waals surface area (Å²) >= 11 is 0. The SMILES string of the molecule is Fc1[c]cc(F)c2c1ccc1c[c]cc(F)c12. The van der Waals surface area contributed by atoms with Crippen LogP contribution in [0.1, 0.15) is 0 Å². The summed E-state index contributed by atoms with van der Waals surface area (Å²) in [4.78, 5) is 0. The number of hydrogen-bond donors (Lipinski definition) is 0. The van der Waals surface area contributed by atoms with Crippen LogP contribution in [-0.4, -0.2) is 0 Å². The first-order valence-electron chi connectivity index (χ1n) is 4.96. The Kier molecular flexibility index (Phi) is 2.08. The van der Waals surface area contributed by atoms with Gasteiger partial charge in [0.25, 0.3) is 0 Å². The van der Waals surface area contributed by atoms with Crippen LogP contribution in [0.5, 0.6) is 0 Å². The molecule has 0 amide bonds. The van der Waals surface area contributed by atoms with Crippen LogP contribution in [0.2, 0.25) is 0 Å². The van der Waals surface area contributed by atoms with Gasteiger partial charge in [-0.15, -0.1) is 0 Å². The topological polar surface area (TPSA) is 0 Å². The molecule has 2 radical (unpaired) electrons. The summed E-state index contributed by atoms with van der Waals surface area (Å²) in [5.74, 6) is -1.98. The molecule has 0 saturated heterocycles. The number of hydrogen-bond acceptors (Lipinski definition) is 0. The molecule has 0 fully saturated rings. The van der Waals surface area contributed by atoms with Crippen molar-refractivity contribution < 1.29 is 13.2 Å². The zero-order chi connectivity index (χ0) is 12.0. The molecular formula is C14H5F3. The van der Waals surface area contributed by atoms with Crippen LogP contribution in [-0.2, 0) is 0 Å². The molecule has 0 spiro atoms. The second-order valence-electron chi connectivity index (χ2n) is 3.71. The average Bonchev–Trinajstić information content (AvgIpc) is 2.33. The number of fused-ring (bicyclic) bond motifs is 3. The van der Waals surface area contributed by atoms with Gasteiger partial charge in [-0.2, -0.15) is 0 Å². The quantitative estimate of drug-likeness (QED) is 0.512. The Bertz CT molecular complexity index is 732. The summed E-state index contributed by atoms with van der Waals surface area (Å²) in [6.45, 7) is 0. The van der Waals surface area contributed by atoms with Gasteiger partial charge in [0.2, 0.25) is 0 Å². The Labute approximate surface area is 95.3 Å². The molecule has 0 N–H and O–H groups in total. The Balaban J connectivity index is 2.68. The molecule has 0 nitrogen and oxygen atoms in total. The molecule has 3 heteroatoms. The van der Waals surface area contributed by atoms with E-state index in [1.54, 1.807) is 0 Å². The predicted molar refractivity (Wildman–Crippen MR) is 59.0 cm³/mol. The van der Waals surface area contributed by atoms with Crippen LogP contribution in [0, 0.1) is 29.6 Å². The molecular weight excluding hydrogens is 225 g/mol. The lowest BCUT2D eigenvalue weighted by Crippen LogP contribution is -1.89. The van der Waals surface area contributed by atoms with E-state index in [1.807, 2.05) is 0 Å². The van der Waals surface area contributed by atoms with Crippen LogP contribution in [0.3, 0.4) is 0 Å². The summed E-state index contributed by atoms with van der Waals surface area (Å²) in [5, 5.41) is 0.543. The first-order chi connectivity index (χ1) is 8.18. The third kappa shape index (κ3) is 1.39. The van der Waals surface area contributed by atoms with Gasteiger partial charge in [0, 0.05) is 22.2 Å². The zero-order valence-corrected chi connectivity index (χ0v) is 8.52. The summed E-state index contributed by atoms with van der Waals surface area (Å²) in [6, 6.07) is 11.2. The van der Waals surface area contributed by atoms with Crippen molar-refractivity contribution in [3.8, 4) is 0 Å². The first kappa shape index (κ1) is 10.1. The van der Waals surface area contributed by atoms with E-state index in [4.69, 9.17) is 0 Å². The summed E-state index contributed by atoms with van der Waals surface area (Å²) < 4.78 is 40.9. The van der Waals surface area contributed by atoms with Crippen LogP contribution < -0.4 is 0 Å². The largest absolute Gasteiger partial charge is 0.206 e. The van der Waals surface area contributed by atoms with E-state index in [-0.39, 0.29) is 16.2 Å². The van der Waals surface area contributed by atoms with Crippen molar-refractivity contribution in [3.05, 3.63) is 59.9 Å². The lowest BCUT2D eigenvalue weighted by molar-refractivity contribution is 0.614. The van der Waals surface area contributed by atoms with E-state index in [1.165, 1.54) is 18.2 Å². The molecule has 0 aliphatic heterocycles. The molecule has 17 heavy (non-hydrogen) atoms. The average molecular weight is 230 g/mol. The third-order valence-electron chi connectivity index (χ3n) is 2.73. The molecule has 0 atom stereocenters. The van der Waals surface area contributed by atoms with Gasteiger partial charge in [-0.05, 0) is 29.7 Å². The van der Waals surface area contributed by atoms with E-state index >= 15 is 0 Å². The van der Waals surface area contributed by atoms with Crippen molar-refractivity contribution in [2.45, 2.75) is 0 Å². The molecule has 0 bridgehead atoms. The fourth-order valence-corrected chi connectivity index (χ4v) is 1.98. The van der Waals surface area contributed by atoms with Crippen LogP contribution >= 0.6 is 0 Å². The van der Waals surface area contributed by atoms with Gasteiger partial charge < -0.3 is 0 Å². The van der Waals surface area contributed by atoms with Crippen LogP contribution in [0.25, 0.3) is 21.5 Å². The van der Waals surface area contributed by atoms with E-state index < -0.39 is 17.5 Å². The van der Waals surface area contributed by atoms with E-state index in [9.17, 15) is 13.2 Å². The molecule has 3 aromatic rings. The minimum Gasteiger partial charge on any atom is -0.206 e. The van der Waals surface area contributed by atoms with Gasteiger partial charge in [0.1, 0.15) is 17.5 Å². The Morgan fingerprint density at radius 2 is 1.59 bits per heavy atom. The van der Waals surface area contributed by atoms with Crippen molar-refractivity contribution in [1.29, 1.82) is 0 Å². The molecule has 3 rings (SSSR count). The van der Waals surface area contributed by atoms with E-state index in [0.29, 0.717) is 5.39 Å². The highest BCUT2D eigenvalue weighted by Crippen LogP contribution is 2.30. The lowest BCUT2D eigenvalue weighted by atomic mass is 10.0. The Morgan fingerprint density at radius 3 is 2.41 bits per heavy atom. The van der Waals surface area contributed by atoms with Gasteiger partial charge in [0.15, 0.2) is 0 Å². The van der Waals surface area contributed by atoms with Crippen LogP contribution in [0.15, 0.2) is 30.3 Å². The van der Waals surface area contributed by atoms with Crippen molar-refractivity contribution in [2.24, 2.45) is 0 Å². The highest BCUT2D eigenvalue weighted by atomic mass is 19.1. The summed E-state index contributed by atoms with van der Waals surface area (Å²) in [6.07, 6.45) is 0. The monoisotopic (exact) mass is 230 g/mol. The molecule has 0 heterocycles. The fraction of sp³-hybridized carbons (Fsp3) is 0. The van der Waals surface area contributed by atoms with E-state index in [2.05, 4.69) is 12.1 Å². The second-order valence-corrected chi connectivity index (χ2v) is 3.71. The van der Waals surface area contributed by atoms with Gasteiger partial charge in [-0.25, -0.2) is 13.2 Å². The molecule has 3 aromatic carbocycles. The van der Waals surface area contributed by atoms with E-state index in [0.717, 1.165) is 12.1 Å². The standard InChI is InChI=1S/C14H5F3/c15-10-6-7-12(17)14-9(10)5-4-8-2-1-3-11(16)13(8)14/h2-5,7H. The third-order valence-corrected chi connectivity index (χ3v) is 2.73.